The molecule has 0 saturated carbocycles. The molecule has 1 aliphatic rings. The molecule has 0 aliphatic carbocycles. The molecule has 1 aliphatic heterocycles. The number of carbonyl (C=O) groups is 2. The van der Waals surface area contributed by atoms with Gasteiger partial charge >= 0.3 is 0 Å². The minimum absolute atomic E-state index is 0.211. The zero-order valence-corrected chi connectivity index (χ0v) is 16.7. The van der Waals surface area contributed by atoms with E-state index in [4.69, 9.17) is 5.21 Å². The summed E-state index contributed by atoms with van der Waals surface area (Å²) < 4.78 is 13.9. The fraction of sp³-hybridized carbons (Fsp3) is 0.120. The number of halogens is 1. The molecule has 2 amide bonds. The predicted octanol–water partition coefficient (Wildman–Crippen LogP) is 4.07. The number of benzene rings is 3. The van der Waals surface area contributed by atoms with E-state index in [9.17, 15) is 14.0 Å². The highest BCUT2D eigenvalue weighted by atomic mass is 19.1. The van der Waals surface area contributed by atoms with Gasteiger partial charge in [0.1, 0.15) is 5.82 Å². The van der Waals surface area contributed by atoms with Crippen LogP contribution in [0.3, 0.4) is 0 Å². The van der Waals surface area contributed by atoms with Crippen molar-refractivity contribution in [2.24, 2.45) is 0 Å². The summed E-state index contributed by atoms with van der Waals surface area (Å²) in [4.78, 5) is 27.0. The zero-order chi connectivity index (χ0) is 21.8. The van der Waals surface area contributed by atoms with E-state index in [-0.39, 0.29) is 5.91 Å². The Bertz CT molecular complexity index is 1160. The normalized spacial score (nSPS) is 13.5. The summed E-state index contributed by atoms with van der Waals surface area (Å²) in [5.74, 6) is -1.22. The van der Waals surface area contributed by atoms with Crippen molar-refractivity contribution < 1.29 is 19.2 Å². The molecule has 3 aromatic carbocycles. The molecule has 3 aromatic rings. The standard InChI is InChI=1S/C25H21FN2O3/c26-22-8-4-7-19(15-22)23(13-17-5-2-1-3-6-17)25(30)28-12-11-18-9-10-20(24(29)27-31)14-21(18)16-28/h1-10,13-15,31H,11-12,16H2,(H,27,29). The molecular formula is C25H21FN2O3. The molecule has 6 heteroatoms. The van der Waals surface area contributed by atoms with Crippen LogP contribution >= 0.6 is 0 Å². The Morgan fingerprint density at radius 1 is 0.935 bits per heavy atom. The van der Waals surface area contributed by atoms with Crippen LogP contribution < -0.4 is 5.48 Å². The predicted molar refractivity (Wildman–Crippen MR) is 116 cm³/mol. The van der Waals surface area contributed by atoms with Crippen LogP contribution in [0.2, 0.25) is 0 Å². The summed E-state index contributed by atoms with van der Waals surface area (Å²) in [6, 6.07) is 20.6. The molecule has 0 atom stereocenters. The van der Waals surface area contributed by atoms with E-state index in [0.717, 1.165) is 16.7 Å². The van der Waals surface area contributed by atoms with Crippen LogP contribution in [0.4, 0.5) is 4.39 Å². The van der Waals surface area contributed by atoms with Gasteiger partial charge in [-0.3, -0.25) is 14.8 Å². The Morgan fingerprint density at radius 3 is 2.48 bits per heavy atom. The molecule has 0 unspecified atom stereocenters. The lowest BCUT2D eigenvalue weighted by Crippen LogP contribution is -2.36. The van der Waals surface area contributed by atoms with E-state index in [2.05, 4.69) is 0 Å². The van der Waals surface area contributed by atoms with Crippen molar-refractivity contribution in [2.45, 2.75) is 13.0 Å². The number of amides is 2. The fourth-order valence-electron chi connectivity index (χ4n) is 3.75. The second-order valence-corrected chi connectivity index (χ2v) is 7.38. The number of carbonyl (C=O) groups excluding carboxylic acids is 2. The van der Waals surface area contributed by atoms with Gasteiger partial charge in [0.05, 0.1) is 0 Å². The van der Waals surface area contributed by atoms with Gasteiger partial charge in [-0.1, -0.05) is 48.5 Å². The number of nitrogens with one attached hydrogen (secondary N) is 1. The van der Waals surface area contributed by atoms with Gasteiger partial charge in [0.15, 0.2) is 0 Å². The lowest BCUT2D eigenvalue weighted by molar-refractivity contribution is -0.125. The zero-order valence-electron chi connectivity index (χ0n) is 16.7. The minimum atomic E-state index is -0.601. The molecular weight excluding hydrogens is 395 g/mol. The Hall–Kier alpha value is -3.77. The highest BCUT2D eigenvalue weighted by molar-refractivity contribution is 6.24. The van der Waals surface area contributed by atoms with Gasteiger partial charge in [0.25, 0.3) is 11.8 Å². The van der Waals surface area contributed by atoms with E-state index in [1.54, 1.807) is 40.7 Å². The van der Waals surface area contributed by atoms with Crippen LogP contribution in [0.15, 0.2) is 72.8 Å². The molecule has 0 aromatic heterocycles. The quantitative estimate of drug-likeness (QED) is 0.292. The number of nitrogens with zero attached hydrogens (tertiary/aromatic N) is 1. The van der Waals surface area contributed by atoms with Gasteiger partial charge < -0.3 is 4.90 Å². The van der Waals surface area contributed by atoms with Gasteiger partial charge in [0, 0.05) is 24.2 Å². The Morgan fingerprint density at radius 2 is 1.74 bits per heavy atom. The van der Waals surface area contributed by atoms with Crippen molar-refractivity contribution in [3.8, 4) is 0 Å². The molecule has 0 bridgehead atoms. The summed E-state index contributed by atoms with van der Waals surface area (Å²) in [7, 11) is 0. The molecule has 2 N–H and O–H groups in total. The average molecular weight is 416 g/mol. The molecule has 31 heavy (non-hydrogen) atoms. The lowest BCUT2D eigenvalue weighted by Gasteiger charge is -2.30. The molecule has 4 rings (SSSR count). The highest BCUT2D eigenvalue weighted by Crippen LogP contribution is 2.26. The number of fused-ring (bicyclic) bond motifs is 1. The monoisotopic (exact) mass is 416 g/mol. The molecule has 5 nitrogen and oxygen atoms in total. The van der Waals surface area contributed by atoms with Crippen molar-refractivity contribution in [1.82, 2.24) is 10.4 Å². The van der Waals surface area contributed by atoms with E-state index in [0.29, 0.717) is 36.2 Å². The second-order valence-electron chi connectivity index (χ2n) is 7.38. The maximum absolute atomic E-state index is 13.9. The van der Waals surface area contributed by atoms with Crippen LogP contribution in [0.25, 0.3) is 11.6 Å². The summed E-state index contributed by atoms with van der Waals surface area (Å²) in [5, 5.41) is 8.89. The third kappa shape index (κ3) is 4.54. The first-order chi connectivity index (χ1) is 15.0. The van der Waals surface area contributed by atoms with Crippen molar-refractivity contribution in [3.05, 3.63) is 106 Å². The van der Waals surface area contributed by atoms with Crippen LogP contribution in [0, 0.1) is 5.82 Å². The van der Waals surface area contributed by atoms with Crippen LogP contribution in [0.1, 0.15) is 32.6 Å². The highest BCUT2D eigenvalue weighted by Gasteiger charge is 2.25. The first-order valence-corrected chi connectivity index (χ1v) is 9.93. The maximum Gasteiger partial charge on any atom is 0.274 e. The van der Waals surface area contributed by atoms with Crippen molar-refractivity contribution in [2.75, 3.05) is 6.54 Å². The molecule has 0 fully saturated rings. The summed E-state index contributed by atoms with van der Waals surface area (Å²) >= 11 is 0. The minimum Gasteiger partial charge on any atom is -0.334 e. The first-order valence-electron chi connectivity index (χ1n) is 9.93. The SMILES string of the molecule is O=C(NO)c1ccc2c(c1)CN(C(=O)C(=Cc1ccccc1)c1cccc(F)c1)CC2. The largest absolute Gasteiger partial charge is 0.334 e. The van der Waals surface area contributed by atoms with E-state index in [1.807, 2.05) is 36.4 Å². The molecule has 1 heterocycles. The summed E-state index contributed by atoms with van der Waals surface area (Å²) in [5.41, 5.74) is 5.60. The van der Waals surface area contributed by atoms with Gasteiger partial charge in [-0.15, -0.1) is 0 Å². The average Bonchev–Trinajstić information content (AvgIpc) is 2.81. The topological polar surface area (TPSA) is 69.6 Å². The van der Waals surface area contributed by atoms with Crippen LogP contribution in [-0.4, -0.2) is 28.5 Å². The van der Waals surface area contributed by atoms with E-state index >= 15 is 0 Å². The van der Waals surface area contributed by atoms with Gasteiger partial charge in [0.2, 0.25) is 0 Å². The van der Waals surface area contributed by atoms with E-state index < -0.39 is 11.7 Å². The Labute approximate surface area is 179 Å². The molecule has 0 radical (unpaired) electrons. The smallest absolute Gasteiger partial charge is 0.274 e. The summed E-state index contributed by atoms with van der Waals surface area (Å²) in [6.45, 7) is 0.834. The molecule has 0 saturated heterocycles. The lowest BCUT2D eigenvalue weighted by atomic mass is 9.95. The third-order valence-electron chi connectivity index (χ3n) is 5.35. The molecule has 0 spiro atoms. The van der Waals surface area contributed by atoms with Crippen LogP contribution in [-0.2, 0) is 17.8 Å². The number of hydrogen-bond acceptors (Lipinski definition) is 3. The first kappa shape index (κ1) is 20.5. The second kappa shape index (κ2) is 8.93. The number of hydroxylamine groups is 1. The number of hydrogen-bond donors (Lipinski definition) is 2. The Kier molecular flexibility index (Phi) is 5.91. The fourth-order valence-corrected chi connectivity index (χ4v) is 3.75. The van der Waals surface area contributed by atoms with Gasteiger partial charge in [-0.25, -0.2) is 9.87 Å². The van der Waals surface area contributed by atoms with Crippen molar-refractivity contribution in [3.63, 3.8) is 0 Å². The van der Waals surface area contributed by atoms with Crippen LogP contribution in [0.5, 0.6) is 0 Å². The summed E-state index contributed by atoms with van der Waals surface area (Å²) in [6.07, 6.45) is 2.41. The maximum atomic E-state index is 13.9. The molecule has 156 valence electrons. The number of rotatable bonds is 4. The van der Waals surface area contributed by atoms with Gasteiger partial charge in [-0.05, 0) is 59.0 Å². The van der Waals surface area contributed by atoms with Crippen molar-refractivity contribution in [1.29, 1.82) is 0 Å². The Balaban J connectivity index is 1.68. The van der Waals surface area contributed by atoms with E-state index in [1.165, 1.54) is 12.1 Å². The third-order valence-corrected chi connectivity index (χ3v) is 5.35. The van der Waals surface area contributed by atoms with Crippen molar-refractivity contribution >= 4 is 23.5 Å². The van der Waals surface area contributed by atoms with Gasteiger partial charge in [-0.2, -0.15) is 0 Å².